The first kappa shape index (κ1) is 35.1. The monoisotopic (exact) mass is 778 g/mol. The SMILES string of the molecule is CCN(CC)c1ccc2cc(-c3nc4cc(C5CN6CCC(C)(C)c7c6c(cc6cc(-c8nc9ccccc9s8)c(=O)oc76)C5(C)C)ccc4s3)c(=O)oc2c1. The molecular weight excluding hydrogens is 737 g/mol. The smallest absolute Gasteiger partial charge is 0.346 e. The van der Waals surface area contributed by atoms with Crippen LogP contribution in [0, 0.1) is 0 Å². The molecule has 0 N–H and O–H groups in total. The van der Waals surface area contributed by atoms with Crippen LogP contribution < -0.4 is 21.1 Å². The molecule has 6 heterocycles. The van der Waals surface area contributed by atoms with Crippen LogP contribution in [0.4, 0.5) is 11.4 Å². The van der Waals surface area contributed by atoms with E-state index in [1.807, 2.05) is 48.5 Å². The minimum Gasteiger partial charge on any atom is -0.422 e. The van der Waals surface area contributed by atoms with E-state index in [-0.39, 0.29) is 28.0 Å². The maximum atomic E-state index is 13.7. The van der Waals surface area contributed by atoms with Crippen LogP contribution in [0.1, 0.15) is 70.6 Å². The van der Waals surface area contributed by atoms with Gasteiger partial charge in [0.15, 0.2) is 0 Å². The van der Waals surface area contributed by atoms with Gasteiger partial charge in [0.2, 0.25) is 0 Å². The fourth-order valence-corrected chi connectivity index (χ4v) is 11.1. The average molecular weight is 779 g/mol. The molecule has 0 fully saturated rings. The Morgan fingerprint density at radius 2 is 1.48 bits per heavy atom. The van der Waals surface area contributed by atoms with Gasteiger partial charge in [0.1, 0.15) is 21.2 Å². The van der Waals surface area contributed by atoms with E-state index in [1.54, 1.807) is 0 Å². The van der Waals surface area contributed by atoms with Gasteiger partial charge in [0.05, 0.1) is 31.6 Å². The van der Waals surface area contributed by atoms with Crippen molar-refractivity contribution >= 4 is 76.4 Å². The van der Waals surface area contributed by atoms with E-state index in [1.165, 1.54) is 39.5 Å². The molecule has 56 heavy (non-hydrogen) atoms. The molecule has 4 aromatic carbocycles. The molecule has 8 aromatic rings. The van der Waals surface area contributed by atoms with E-state index < -0.39 is 0 Å². The van der Waals surface area contributed by atoms with Crippen molar-refractivity contribution in [2.24, 2.45) is 0 Å². The van der Waals surface area contributed by atoms with Crippen molar-refractivity contribution in [1.29, 1.82) is 0 Å². The molecule has 2 aliphatic heterocycles. The van der Waals surface area contributed by atoms with Gasteiger partial charge in [0, 0.05) is 71.3 Å². The van der Waals surface area contributed by atoms with Crippen molar-refractivity contribution in [3.05, 3.63) is 116 Å². The van der Waals surface area contributed by atoms with Gasteiger partial charge in [-0.1, -0.05) is 45.9 Å². The summed E-state index contributed by atoms with van der Waals surface area (Å²) in [7, 11) is 0. The third-order valence-electron chi connectivity index (χ3n) is 12.4. The van der Waals surface area contributed by atoms with Crippen LogP contribution in [-0.4, -0.2) is 36.1 Å². The summed E-state index contributed by atoms with van der Waals surface area (Å²) in [6, 6.07) is 26.8. The Morgan fingerprint density at radius 3 is 2.23 bits per heavy atom. The zero-order valence-electron chi connectivity index (χ0n) is 32.4. The number of para-hydroxylation sites is 1. The lowest BCUT2D eigenvalue weighted by Gasteiger charge is -2.51. The minimum atomic E-state index is -0.378. The molecule has 0 radical (unpaired) electrons. The summed E-state index contributed by atoms with van der Waals surface area (Å²) in [5.74, 6) is 0.154. The van der Waals surface area contributed by atoms with Crippen molar-refractivity contribution in [3.63, 3.8) is 0 Å². The normalized spacial score (nSPS) is 17.2. The molecular formula is C46H42N4O4S2. The average Bonchev–Trinajstić information content (AvgIpc) is 3.81. The van der Waals surface area contributed by atoms with E-state index in [4.69, 9.17) is 18.8 Å². The van der Waals surface area contributed by atoms with E-state index in [9.17, 15) is 9.59 Å². The van der Waals surface area contributed by atoms with Gasteiger partial charge in [-0.05, 0) is 91.4 Å². The third-order valence-corrected chi connectivity index (χ3v) is 14.5. The molecule has 0 saturated carbocycles. The number of anilines is 2. The predicted molar refractivity (Wildman–Crippen MR) is 231 cm³/mol. The molecule has 4 aromatic heterocycles. The first-order chi connectivity index (χ1) is 26.9. The third kappa shape index (κ3) is 5.36. The van der Waals surface area contributed by atoms with E-state index in [0.717, 1.165) is 75.1 Å². The van der Waals surface area contributed by atoms with Crippen LogP contribution in [0.15, 0.2) is 97.3 Å². The minimum absolute atomic E-state index is 0.154. The second-order valence-electron chi connectivity index (χ2n) is 16.4. The number of thiazole rings is 2. The van der Waals surface area contributed by atoms with Gasteiger partial charge < -0.3 is 18.6 Å². The number of hydrogen-bond acceptors (Lipinski definition) is 10. The Kier molecular flexibility index (Phi) is 7.90. The lowest BCUT2D eigenvalue weighted by molar-refractivity contribution is 0.360. The summed E-state index contributed by atoms with van der Waals surface area (Å²) in [6.07, 6.45) is 0.939. The summed E-state index contributed by atoms with van der Waals surface area (Å²) in [4.78, 5) is 41.7. The summed E-state index contributed by atoms with van der Waals surface area (Å²) in [6.45, 7) is 17.0. The number of rotatable bonds is 6. The van der Waals surface area contributed by atoms with Gasteiger partial charge in [-0.15, -0.1) is 22.7 Å². The van der Waals surface area contributed by atoms with Gasteiger partial charge >= 0.3 is 11.3 Å². The Bertz CT molecular complexity index is 2990. The molecule has 10 heteroatoms. The van der Waals surface area contributed by atoms with Gasteiger partial charge in [-0.25, -0.2) is 19.6 Å². The standard InChI is InChI=1S/C46H42N4O4S2/c1-7-49(8-2)28-15-13-26-19-29(43(51)53-35(26)23-28)42-48-34-22-25(14-16-37(34)56-42)32-24-50-18-17-45(3,4)38-39(50)31(46(32,5)6)21-27-20-30(44(52)54-40(27)38)41-47-33-11-9-10-12-36(33)55-41/h9-16,19-23,32H,7-8,17-18,24H2,1-6H3. The highest BCUT2D eigenvalue weighted by molar-refractivity contribution is 7.22. The van der Waals surface area contributed by atoms with Crippen LogP contribution in [-0.2, 0) is 10.8 Å². The highest BCUT2D eigenvalue weighted by Gasteiger charge is 2.47. The second-order valence-corrected chi connectivity index (χ2v) is 18.5. The fourth-order valence-electron chi connectivity index (χ4n) is 9.14. The molecule has 8 nitrogen and oxygen atoms in total. The lowest BCUT2D eigenvalue weighted by atomic mass is 9.63. The van der Waals surface area contributed by atoms with Gasteiger partial charge in [-0.2, -0.15) is 0 Å². The summed E-state index contributed by atoms with van der Waals surface area (Å²) in [5, 5.41) is 3.14. The van der Waals surface area contributed by atoms with Crippen LogP contribution in [0.3, 0.4) is 0 Å². The van der Waals surface area contributed by atoms with E-state index in [0.29, 0.717) is 32.3 Å². The van der Waals surface area contributed by atoms with Crippen molar-refractivity contribution in [1.82, 2.24) is 9.97 Å². The Hall–Kier alpha value is -5.32. The molecule has 0 bridgehead atoms. The quantitative estimate of drug-likeness (QED) is 0.154. The summed E-state index contributed by atoms with van der Waals surface area (Å²) in [5.41, 5.74) is 8.63. The number of fused-ring (bicyclic) bond motifs is 5. The molecule has 0 amide bonds. The molecule has 10 rings (SSSR count). The second kappa shape index (κ2) is 12.6. The largest absolute Gasteiger partial charge is 0.422 e. The van der Waals surface area contributed by atoms with E-state index in [2.05, 4.69) is 81.7 Å². The summed E-state index contributed by atoms with van der Waals surface area (Å²) >= 11 is 3.04. The Balaban J connectivity index is 1.06. The molecule has 2 aliphatic rings. The van der Waals surface area contributed by atoms with Crippen LogP contribution in [0.2, 0.25) is 0 Å². The highest BCUT2D eigenvalue weighted by Crippen LogP contribution is 2.55. The van der Waals surface area contributed by atoms with Crippen LogP contribution >= 0.6 is 22.7 Å². The van der Waals surface area contributed by atoms with E-state index >= 15 is 0 Å². The number of hydrogen-bond donors (Lipinski definition) is 0. The molecule has 0 spiro atoms. The predicted octanol–water partition coefficient (Wildman–Crippen LogP) is 10.9. The molecule has 0 aliphatic carbocycles. The van der Waals surface area contributed by atoms with Crippen LogP contribution in [0.25, 0.3) is 63.5 Å². The maximum Gasteiger partial charge on any atom is 0.346 e. The molecule has 0 saturated heterocycles. The van der Waals surface area contributed by atoms with Crippen molar-refractivity contribution in [2.75, 3.05) is 36.0 Å². The molecule has 282 valence electrons. The Labute approximate surface area is 332 Å². The zero-order valence-corrected chi connectivity index (χ0v) is 34.0. The number of aromatic nitrogens is 2. The first-order valence-electron chi connectivity index (χ1n) is 19.4. The van der Waals surface area contributed by atoms with Crippen molar-refractivity contribution < 1.29 is 8.83 Å². The number of nitrogens with zero attached hydrogens (tertiary/aromatic N) is 4. The zero-order chi connectivity index (χ0) is 38.7. The summed E-state index contributed by atoms with van der Waals surface area (Å²) < 4.78 is 14.3. The fraction of sp³-hybridized carbons (Fsp3) is 0.304. The topological polar surface area (TPSA) is 92.7 Å². The van der Waals surface area contributed by atoms with Crippen LogP contribution in [0.5, 0.6) is 0 Å². The molecule has 1 unspecified atom stereocenters. The van der Waals surface area contributed by atoms with Crippen molar-refractivity contribution in [3.8, 4) is 21.1 Å². The lowest BCUT2D eigenvalue weighted by Crippen LogP contribution is -2.48. The number of benzene rings is 4. The first-order valence-corrected chi connectivity index (χ1v) is 21.1. The van der Waals surface area contributed by atoms with Gasteiger partial charge in [-0.3, -0.25) is 0 Å². The molecule has 1 atom stereocenters. The van der Waals surface area contributed by atoms with Gasteiger partial charge in [0.25, 0.3) is 0 Å². The highest BCUT2D eigenvalue weighted by atomic mass is 32.1. The Morgan fingerprint density at radius 1 is 0.786 bits per heavy atom. The maximum absolute atomic E-state index is 13.7. The van der Waals surface area contributed by atoms with Crippen molar-refractivity contribution in [2.45, 2.75) is 64.7 Å².